The Kier molecular flexibility index (Phi) is 4.88. The van der Waals surface area contributed by atoms with Crippen molar-refractivity contribution in [2.24, 2.45) is 0 Å². The third-order valence-corrected chi connectivity index (χ3v) is 7.50. The van der Waals surface area contributed by atoms with Crippen molar-refractivity contribution in [3.63, 3.8) is 0 Å². The SMILES string of the molecule is Cc1ccc2nc(CN(Cc3cccs3)[C@H]3CCS(=O)(=O)C3)cc(=O)n2c1. The van der Waals surface area contributed by atoms with Crippen molar-refractivity contribution < 1.29 is 8.42 Å². The van der Waals surface area contributed by atoms with Crippen LogP contribution in [0, 0.1) is 6.92 Å². The normalized spacial score (nSPS) is 19.1. The molecule has 3 aromatic heterocycles. The monoisotopic (exact) mass is 403 g/mol. The molecule has 4 rings (SSSR count). The van der Waals surface area contributed by atoms with E-state index in [1.807, 2.05) is 36.6 Å². The van der Waals surface area contributed by atoms with Crippen LogP contribution in [-0.2, 0) is 22.9 Å². The molecule has 0 amide bonds. The van der Waals surface area contributed by atoms with E-state index in [4.69, 9.17) is 0 Å². The maximum atomic E-state index is 12.5. The second-order valence-electron chi connectivity index (χ2n) is 7.06. The minimum Gasteiger partial charge on any atom is -0.288 e. The second kappa shape index (κ2) is 7.18. The van der Waals surface area contributed by atoms with Crippen molar-refractivity contribution in [2.75, 3.05) is 11.5 Å². The van der Waals surface area contributed by atoms with Crippen LogP contribution in [0.5, 0.6) is 0 Å². The number of hydrogen-bond acceptors (Lipinski definition) is 6. The first-order valence-electron chi connectivity index (χ1n) is 8.85. The summed E-state index contributed by atoms with van der Waals surface area (Å²) in [5.74, 6) is 0.399. The van der Waals surface area contributed by atoms with Gasteiger partial charge in [-0.05, 0) is 36.4 Å². The Labute approximate surface area is 162 Å². The van der Waals surface area contributed by atoms with Gasteiger partial charge in [0.05, 0.1) is 17.2 Å². The topological polar surface area (TPSA) is 71.8 Å². The lowest BCUT2D eigenvalue weighted by molar-refractivity contribution is 0.194. The Morgan fingerprint density at radius 2 is 2.15 bits per heavy atom. The average molecular weight is 404 g/mol. The van der Waals surface area contributed by atoms with E-state index in [2.05, 4.69) is 9.88 Å². The number of rotatable bonds is 5. The first-order chi connectivity index (χ1) is 12.9. The quantitative estimate of drug-likeness (QED) is 0.653. The molecule has 3 aromatic rings. The van der Waals surface area contributed by atoms with Gasteiger partial charge in [0.2, 0.25) is 0 Å². The molecule has 27 heavy (non-hydrogen) atoms. The van der Waals surface area contributed by atoms with Gasteiger partial charge < -0.3 is 0 Å². The number of fused-ring (bicyclic) bond motifs is 1. The summed E-state index contributed by atoms with van der Waals surface area (Å²) >= 11 is 1.65. The smallest absolute Gasteiger partial charge is 0.258 e. The number of sulfone groups is 1. The number of aryl methyl sites for hydroxylation is 1. The van der Waals surface area contributed by atoms with Crippen molar-refractivity contribution in [1.82, 2.24) is 14.3 Å². The molecule has 0 N–H and O–H groups in total. The van der Waals surface area contributed by atoms with E-state index in [-0.39, 0.29) is 23.1 Å². The summed E-state index contributed by atoms with van der Waals surface area (Å²) in [6.07, 6.45) is 2.40. The van der Waals surface area contributed by atoms with Gasteiger partial charge in [-0.25, -0.2) is 13.4 Å². The van der Waals surface area contributed by atoms with Crippen LogP contribution in [0.4, 0.5) is 0 Å². The molecule has 8 heteroatoms. The van der Waals surface area contributed by atoms with Crippen LogP contribution < -0.4 is 5.56 Å². The van der Waals surface area contributed by atoms with Gasteiger partial charge in [0, 0.05) is 36.3 Å². The minimum atomic E-state index is -2.98. The van der Waals surface area contributed by atoms with Crippen molar-refractivity contribution >= 4 is 26.8 Å². The van der Waals surface area contributed by atoms with Gasteiger partial charge in [0.1, 0.15) is 5.65 Å². The molecule has 0 bridgehead atoms. The summed E-state index contributed by atoms with van der Waals surface area (Å²) in [7, 11) is -2.98. The van der Waals surface area contributed by atoms with Gasteiger partial charge in [0.15, 0.2) is 9.84 Å². The Balaban J connectivity index is 1.65. The first-order valence-corrected chi connectivity index (χ1v) is 11.6. The highest BCUT2D eigenvalue weighted by Gasteiger charge is 2.32. The zero-order chi connectivity index (χ0) is 19.0. The van der Waals surface area contributed by atoms with Crippen molar-refractivity contribution in [3.05, 3.63) is 68.4 Å². The Bertz CT molecular complexity index is 1120. The van der Waals surface area contributed by atoms with Crippen molar-refractivity contribution in [1.29, 1.82) is 0 Å². The summed E-state index contributed by atoms with van der Waals surface area (Å²) in [4.78, 5) is 20.4. The lowest BCUT2D eigenvalue weighted by Crippen LogP contribution is -2.35. The van der Waals surface area contributed by atoms with Gasteiger partial charge in [-0.2, -0.15) is 0 Å². The molecule has 142 valence electrons. The third-order valence-electron chi connectivity index (χ3n) is 4.89. The van der Waals surface area contributed by atoms with Gasteiger partial charge in [0.25, 0.3) is 5.56 Å². The molecule has 4 heterocycles. The summed E-state index contributed by atoms with van der Waals surface area (Å²) in [5, 5.41) is 2.02. The lowest BCUT2D eigenvalue weighted by atomic mass is 10.2. The van der Waals surface area contributed by atoms with E-state index < -0.39 is 9.84 Å². The molecule has 0 spiro atoms. The van der Waals surface area contributed by atoms with Gasteiger partial charge in [-0.1, -0.05) is 12.1 Å². The van der Waals surface area contributed by atoms with E-state index in [0.29, 0.717) is 30.9 Å². The summed E-state index contributed by atoms with van der Waals surface area (Å²) < 4.78 is 25.5. The second-order valence-corrected chi connectivity index (χ2v) is 10.3. The molecule has 1 aliphatic heterocycles. The van der Waals surface area contributed by atoms with Crippen LogP contribution in [0.2, 0.25) is 0 Å². The average Bonchev–Trinajstić information content (AvgIpc) is 3.24. The maximum absolute atomic E-state index is 12.5. The summed E-state index contributed by atoms with van der Waals surface area (Å²) in [5.41, 5.74) is 2.16. The van der Waals surface area contributed by atoms with E-state index in [0.717, 1.165) is 5.56 Å². The molecule has 0 saturated carbocycles. The molecule has 0 radical (unpaired) electrons. The maximum Gasteiger partial charge on any atom is 0.258 e. The van der Waals surface area contributed by atoms with Crippen LogP contribution in [0.25, 0.3) is 5.65 Å². The number of aromatic nitrogens is 2. The number of thiophene rings is 1. The molecular weight excluding hydrogens is 382 g/mol. The van der Waals surface area contributed by atoms with Crippen molar-refractivity contribution in [3.8, 4) is 0 Å². The Morgan fingerprint density at radius 1 is 1.30 bits per heavy atom. The number of nitrogens with zero attached hydrogens (tertiary/aromatic N) is 3. The molecule has 0 unspecified atom stereocenters. The Hall–Kier alpha value is -2.03. The van der Waals surface area contributed by atoms with Crippen LogP contribution in [-0.4, -0.2) is 40.2 Å². The molecule has 0 aromatic carbocycles. The van der Waals surface area contributed by atoms with E-state index in [1.54, 1.807) is 28.0 Å². The largest absolute Gasteiger partial charge is 0.288 e. The van der Waals surface area contributed by atoms with E-state index >= 15 is 0 Å². The highest BCUT2D eigenvalue weighted by atomic mass is 32.2. The molecule has 0 aliphatic carbocycles. The molecule has 1 atom stereocenters. The van der Waals surface area contributed by atoms with Gasteiger partial charge >= 0.3 is 0 Å². The molecule has 1 saturated heterocycles. The molecular formula is C19H21N3O3S2. The summed E-state index contributed by atoms with van der Waals surface area (Å²) in [6.45, 7) is 3.05. The fraction of sp³-hybridized carbons (Fsp3) is 0.368. The number of hydrogen-bond donors (Lipinski definition) is 0. The standard InChI is InChI=1S/C19H21N3O3S2/c1-14-4-5-18-20-15(9-19(23)22(18)10-14)11-21(12-17-3-2-7-26-17)16-6-8-27(24,25)13-16/h2-5,7,9-10,16H,6,8,11-13H2,1H3/t16-/m0/s1. The van der Waals surface area contributed by atoms with E-state index in [1.165, 1.54) is 4.88 Å². The van der Waals surface area contributed by atoms with Gasteiger partial charge in [-0.15, -0.1) is 11.3 Å². The van der Waals surface area contributed by atoms with Crippen molar-refractivity contribution in [2.45, 2.75) is 32.5 Å². The molecule has 1 fully saturated rings. The van der Waals surface area contributed by atoms with Crippen LogP contribution in [0.3, 0.4) is 0 Å². The zero-order valence-electron chi connectivity index (χ0n) is 15.0. The Morgan fingerprint density at radius 3 is 2.85 bits per heavy atom. The highest BCUT2D eigenvalue weighted by Crippen LogP contribution is 2.23. The predicted molar refractivity (Wildman–Crippen MR) is 107 cm³/mol. The van der Waals surface area contributed by atoms with Crippen LogP contribution >= 0.6 is 11.3 Å². The van der Waals surface area contributed by atoms with Crippen LogP contribution in [0.1, 0.15) is 22.6 Å². The summed E-state index contributed by atoms with van der Waals surface area (Å²) in [6, 6.07) is 9.31. The zero-order valence-corrected chi connectivity index (χ0v) is 16.7. The van der Waals surface area contributed by atoms with Gasteiger partial charge in [-0.3, -0.25) is 14.1 Å². The minimum absolute atomic E-state index is 0.0460. The fourth-order valence-corrected chi connectivity index (χ4v) is 6.02. The molecule has 6 nitrogen and oxygen atoms in total. The third kappa shape index (κ3) is 4.12. The molecule has 1 aliphatic rings. The first kappa shape index (κ1) is 18.3. The fourth-order valence-electron chi connectivity index (χ4n) is 3.53. The van der Waals surface area contributed by atoms with Crippen LogP contribution in [0.15, 0.2) is 46.7 Å². The predicted octanol–water partition coefficient (Wildman–Crippen LogP) is 2.25. The van der Waals surface area contributed by atoms with E-state index in [9.17, 15) is 13.2 Å². The highest BCUT2D eigenvalue weighted by molar-refractivity contribution is 7.91. The number of pyridine rings is 1. The lowest BCUT2D eigenvalue weighted by Gasteiger charge is -2.27.